The Morgan fingerprint density at radius 2 is 1.79 bits per heavy atom. The third-order valence-electron chi connectivity index (χ3n) is 5.44. The molecular weight excluding hydrogens is 416 g/mol. The lowest BCUT2D eigenvalue weighted by molar-refractivity contribution is -0.131. The molecule has 7 nitrogen and oxygen atoms in total. The fourth-order valence-electron chi connectivity index (χ4n) is 3.66. The number of anilines is 1. The predicted octanol–water partition coefficient (Wildman–Crippen LogP) is 4.95. The molecule has 0 aliphatic heterocycles. The molecule has 0 saturated heterocycles. The normalized spacial score (nSPS) is 10.7. The lowest BCUT2D eigenvalue weighted by Crippen LogP contribution is -2.33. The van der Waals surface area contributed by atoms with Gasteiger partial charge < -0.3 is 19.5 Å². The van der Waals surface area contributed by atoms with Crippen LogP contribution in [0.15, 0.2) is 79.3 Å². The molecule has 0 bridgehead atoms. The molecule has 2 aromatic heterocycles. The Morgan fingerprint density at radius 3 is 2.48 bits per heavy atom. The standard InChI is InChI=1S/C26H26N4O3/c1-3-29(4-2)25(31)18-30-15-13-20-16-21(9-12-24(20)30)28-26(32)19-7-10-22(11-8-19)33-23-6-5-14-27-17-23/h5-17H,3-4,18H2,1-2H3,(H,28,32). The van der Waals surface area contributed by atoms with Crippen LogP contribution in [0.25, 0.3) is 10.9 Å². The maximum absolute atomic E-state index is 12.7. The molecule has 0 aliphatic rings. The summed E-state index contributed by atoms with van der Waals surface area (Å²) < 4.78 is 7.65. The smallest absolute Gasteiger partial charge is 0.255 e. The number of likely N-dealkylation sites (N-methyl/N-ethyl adjacent to an activating group) is 1. The number of hydrogen-bond acceptors (Lipinski definition) is 4. The maximum Gasteiger partial charge on any atom is 0.255 e. The van der Waals surface area contributed by atoms with E-state index in [4.69, 9.17) is 4.74 Å². The fourth-order valence-corrected chi connectivity index (χ4v) is 3.66. The quantitative estimate of drug-likeness (QED) is 0.419. The van der Waals surface area contributed by atoms with Crippen LogP contribution in [0.1, 0.15) is 24.2 Å². The van der Waals surface area contributed by atoms with Crippen LogP contribution in [-0.2, 0) is 11.3 Å². The summed E-state index contributed by atoms with van der Waals surface area (Å²) in [5.74, 6) is 1.14. The van der Waals surface area contributed by atoms with Crippen molar-refractivity contribution in [3.8, 4) is 11.5 Å². The van der Waals surface area contributed by atoms with Gasteiger partial charge in [0, 0.05) is 47.6 Å². The second kappa shape index (κ2) is 9.99. The van der Waals surface area contributed by atoms with E-state index in [0.717, 1.165) is 10.9 Å². The Labute approximate surface area is 192 Å². The molecule has 0 spiro atoms. The molecule has 0 aliphatic carbocycles. The first-order valence-electron chi connectivity index (χ1n) is 10.9. The zero-order valence-corrected chi connectivity index (χ0v) is 18.7. The number of amides is 2. The molecule has 2 amide bonds. The zero-order chi connectivity index (χ0) is 23.2. The van der Waals surface area contributed by atoms with Crippen LogP contribution in [0.4, 0.5) is 5.69 Å². The minimum absolute atomic E-state index is 0.0887. The number of nitrogens with one attached hydrogen (secondary N) is 1. The highest BCUT2D eigenvalue weighted by molar-refractivity contribution is 6.05. The van der Waals surface area contributed by atoms with Gasteiger partial charge in [-0.05, 0) is 74.5 Å². The lowest BCUT2D eigenvalue weighted by atomic mass is 10.2. The van der Waals surface area contributed by atoms with Crippen LogP contribution in [0.3, 0.4) is 0 Å². The lowest BCUT2D eigenvalue weighted by Gasteiger charge is -2.19. The SMILES string of the molecule is CCN(CC)C(=O)Cn1ccc2cc(NC(=O)c3ccc(Oc4cccnc4)cc3)ccc21. The van der Waals surface area contributed by atoms with Gasteiger partial charge in [-0.25, -0.2) is 0 Å². The van der Waals surface area contributed by atoms with Crippen molar-refractivity contribution in [3.63, 3.8) is 0 Å². The maximum atomic E-state index is 12.7. The molecule has 2 aromatic carbocycles. The third-order valence-corrected chi connectivity index (χ3v) is 5.44. The Bertz CT molecular complexity index is 1250. The number of nitrogens with zero attached hydrogens (tertiary/aromatic N) is 3. The average molecular weight is 443 g/mol. The van der Waals surface area contributed by atoms with Crippen LogP contribution in [-0.4, -0.2) is 39.4 Å². The number of aromatic nitrogens is 2. The van der Waals surface area contributed by atoms with Gasteiger partial charge in [0.05, 0.1) is 6.20 Å². The van der Waals surface area contributed by atoms with Crippen molar-refractivity contribution >= 4 is 28.4 Å². The molecule has 0 radical (unpaired) electrons. The minimum Gasteiger partial charge on any atom is -0.456 e. The molecule has 168 valence electrons. The van der Waals surface area contributed by atoms with Crippen LogP contribution >= 0.6 is 0 Å². The van der Waals surface area contributed by atoms with E-state index in [1.54, 1.807) is 42.7 Å². The second-order valence-electron chi connectivity index (χ2n) is 7.55. The predicted molar refractivity (Wildman–Crippen MR) is 129 cm³/mol. The van der Waals surface area contributed by atoms with E-state index < -0.39 is 0 Å². The van der Waals surface area contributed by atoms with E-state index in [-0.39, 0.29) is 11.8 Å². The highest BCUT2D eigenvalue weighted by Gasteiger charge is 2.13. The Morgan fingerprint density at radius 1 is 1.00 bits per heavy atom. The summed E-state index contributed by atoms with van der Waals surface area (Å²) in [6.07, 6.45) is 5.21. The molecule has 0 unspecified atom stereocenters. The molecule has 0 saturated carbocycles. The summed E-state index contributed by atoms with van der Waals surface area (Å²) in [4.78, 5) is 31.0. The number of pyridine rings is 1. The first kappa shape index (κ1) is 22.1. The van der Waals surface area contributed by atoms with Crippen molar-refractivity contribution in [3.05, 3.63) is 84.8 Å². The summed E-state index contributed by atoms with van der Waals surface area (Å²) >= 11 is 0. The van der Waals surface area contributed by atoms with Gasteiger partial charge in [-0.2, -0.15) is 0 Å². The van der Waals surface area contributed by atoms with Crippen LogP contribution in [0, 0.1) is 0 Å². The molecule has 4 aromatic rings. The van der Waals surface area contributed by atoms with E-state index >= 15 is 0 Å². The molecule has 0 fully saturated rings. The van der Waals surface area contributed by atoms with Crippen LogP contribution in [0.5, 0.6) is 11.5 Å². The van der Waals surface area contributed by atoms with Crippen molar-refractivity contribution in [2.75, 3.05) is 18.4 Å². The molecule has 7 heteroatoms. The third kappa shape index (κ3) is 5.20. The van der Waals surface area contributed by atoms with E-state index in [9.17, 15) is 9.59 Å². The number of carbonyl (C=O) groups is 2. The van der Waals surface area contributed by atoms with Gasteiger partial charge in [0.1, 0.15) is 18.0 Å². The van der Waals surface area contributed by atoms with Crippen LogP contribution in [0.2, 0.25) is 0 Å². The van der Waals surface area contributed by atoms with Gasteiger partial charge in [0.2, 0.25) is 5.91 Å². The highest BCUT2D eigenvalue weighted by Crippen LogP contribution is 2.23. The average Bonchev–Trinajstić information content (AvgIpc) is 3.23. The van der Waals surface area contributed by atoms with Crippen molar-refractivity contribution in [2.45, 2.75) is 20.4 Å². The Kier molecular flexibility index (Phi) is 6.69. The van der Waals surface area contributed by atoms with Crippen molar-refractivity contribution in [2.24, 2.45) is 0 Å². The summed E-state index contributed by atoms with van der Waals surface area (Å²) in [6, 6.07) is 18.2. The van der Waals surface area contributed by atoms with Gasteiger partial charge >= 0.3 is 0 Å². The molecule has 33 heavy (non-hydrogen) atoms. The largest absolute Gasteiger partial charge is 0.456 e. The van der Waals surface area contributed by atoms with Crippen LogP contribution < -0.4 is 10.1 Å². The summed E-state index contributed by atoms with van der Waals surface area (Å²) in [7, 11) is 0. The van der Waals surface area contributed by atoms with E-state index in [1.165, 1.54) is 0 Å². The number of rotatable bonds is 8. The fraction of sp³-hybridized carbons (Fsp3) is 0.192. The number of carbonyl (C=O) groups excluding carboxylic acids is 2. The highest BCUT2D eigenvalue weighted by atomic mass is 16.5. The van der Waals surface area contributed by atoms with E-state index in [1.807, 2.05) is 59.8 Å². The summed E-state index contributed by atoms with van der Waals surface area (Å²) in [5, 5.41) is 3.89. The van der Waals surface area contributed by atoms with Crippen molar-refractivity contribution in [1.29, 1.82) is 0 Å². The molecule has 1 N–H and O–H groups in total. The molecule has 2 heterocycles. The number of fused-ring (bicyclic) bond motifs is 1. The van der Waals surface area contributed by atoms with Gasteiger partial charge in [-0.15, -0.1) is 0 Å². The van der Waals surface area contributed by atoms with Gasteiger partial charge in [0.15, 0.2) is 0 Å². The number of hydrogen-bond donors (Lipinski definition) is 1. The van der Waals surface area contributed by atoms with Gasteiger partial charge in [-0.1, -0.05) is 0 Å². The van der Waals surface area contributed by atoms with E-state index in [2.05, 4.69) is 10.3 Å². The topological polar surface area (TPSA) is 76.5 Å². The first-order chi connectivity index (χ1) is 16.1. The molecule has 4 rings (SSSR count). The minimum atomic E-state index is -0.210. The number of ether oxygens (including phenoxy) is 1. The first-order valence-corrected chi connectivity index (χ1v) is 10.9. The van der Waals surface area contributed by atoms with E-state index in [0.29, 0.717) is 42.4 Å². The van der Waals surface area contributed by atoms with Crippen molar-refractivity contribution < 1.29 is 14.3 Å². The van der Waals surface area contributed by atoms with Crippen molar-refractivity contribution in [1.82, 2.24) is 14.5 Å². The second-order valence-corrected chi connectivity index (χ2v) is 7.55. The molecule has 0 atom stereocenters. The zero-order valence-electron chi connectivity index (χ0n) is 18.7. The van der Waals surface area contributed by atoms with Gasteiger partial charge in [0.25, 0.3) is 5.91 Å². The summed E-state index contributed by atoms with van der Waals surface area (Å²) in [6.45, 7) is 5.64. The number of benzene rings is 2. The Balaban J connectivity index is 1.42. The monoisotopic (exact) mass is 442 g/mol. The Hall–Kier alpha value is -4.13. The van der Waals surface area contributed by atoms with Gasteiger partial charge in [-0.3, -0.25) is 14.6 Å². The summed E-state index contributed by atoms with van der Waals surface area (Å²) in [5.41, 5.74) is 2.16. The molecular formula is C26H26N4O3.